The Kier molecular flexibility index (Phi) is 4.69. The Bertz CT molecular complexity index is 589. The van der Waals surface area contributed by atoms with Crippen molar-refractivity contribution in [1.29, 1.82) is 0 Å². The molecule has 0 amide bonds. The van der Waals surface area contributed by atoms with Crippen LogP contribution in [0.5, 0.6) is 0 Å². The fraction of sp³-hybridized carbons (Fsp3) is 0.385. The number of benzene rings is 1. The van der Waals surface area contributed by atoms with Gasteiger partial charge >= 0.3 is 0 Å². The molecule has 0 saturated carbocycles. The first-order valence-electron chi connectivity index (χ1n) is 6.13. The summed E-state index contributed by atoms with van der Waals surface area (Å²) < 4.78 is 23.8. The van der Waals surface area contributed by atoms with E-state index in [-0.39, 0.29) is 23.6 Å². The van der Waals surface area contributed by atoms with E-state index < -0.39 is 11.9 Å². The second-order valence-electron chi connectivity index (χ2n) is 4.58. The molecule has 0 aliphatic carbocycles. The van der Waals surface area contributed by atoms with Crippen LogP contribution >= 0.6 is 11.6 Å². The Hall–Kier alpha value is -1.50. The fourth-order valence-electron chi connectivity index (χ4n) is 1.50. The van der Waals surface area contributed by atoms with Gasteiger partial charge in [0.1, 0.15) is 5.82 Å². The molecule has 2 rings (SSSR count). The van der Waals surface area contributed by atoms with Crippen LogP contribution in [0.2, 0.25) is 5.02 Å². The quantitative estimate of drug-likeness (QED) is 0.918. The van der Waals surface area contributed by atoms with Crippen molar-refractivity contribution in [3.8, 4) is 11.5 Å². The normalized spacial score (nSPS) is 12.9. The molecule has 20 heavy (non-hydrogen) atoms. The third-order valence-electron chi connectivity index (χ3n) is 2.55. The first-order valence-corrected chi connectivity index (χ1v) is 6.51. The molecule has 108 valence electrons. The largest absolute Gasteiger partial charge is 0.377 e. The SMILES string of the molecule is CC(C)OCC(N)c1noc(-c2ccc(Cl)c(F)c2)n1. The molecule has 0 aliphatic heterocycles. The average molecular weight is 300 g/mol. The number of halogens is 2. The lowest BCUT2D eigenvalue weighted by atomic mass is 10.2. The average Bonchev–Trinajstić information content (AvgIpc) is 2.89. The van der Waals surface area contributed by atoms with E-state index in [2.05, 4.69) is 10.1 Å². The topological polar surface area (TPSA) is 74.2 Å². The standard InChI is InChI=1S/C13H15ClFN3O2/c1-7(2)19-6-11(16)12-17-13(20-18-12)8-3-4-9(14)10(15)5-8/h3-5,7,11H,6,16H2,1-2H3. The predicted octanol–water partition coefficient (Wildman–Crippen LogP) is 2.95. The first-order chi connectivity index (χ1) is 9.47. The number of nitrogens with two attached hydrogens (primary N) is 1. The number of hydrogen-bond acceptors (Lipinski definition) is 5. The Labute approximate surface area is 120 Å². The zero-order valence-electron chi connectivity index (χ0n) is 11.1. The van der Waals surface area contributed by atoms with Crippen LogP contribution in [0.15, 0.2) is 22.7 Å². The van der Waals surface area contributed by atoms with Gasteiger partial charge in [-0.2, -0.15) is 4.98 Å². The lowest BCUT2D eigenvalue weighted by molar-refractivity contribution is 0.0665. The number of rotatable bonds is 5. The van der Waals surface area contributed by atoms with Crippen LogP contribution in [-0.2, 0) is 4.74 Å². The number of nitrogens with zero attached hydrogens (tertiary/aromatic N) is 2. The third kappa shape index (κ3) is 3.53. The Morgan fingerprint density at radius 1 is 1.45 bits per heavy atom. The van der Waals surface area contributed by atoms with Gasteiger partial charge in [-0.25, -0.2) is 4.39 Å². The summed E-state index contributed by atoms with van der Waals surface area (Å²) in [7, 11) is 0. The highest BCUT2D eigenvalue weighted by molar-refractivity contribution is 6.30. The molecule has 0 fully saturated rings. The maximum Gasteiger partial charge on any atom is 0.258 e. The van der Waals surface area contributed by atoms with E-state index in [1.807, 2.05) is 13.8 Å². The highest BCUT2D eigenvalue weighted by Crippen LogP contribution is 2.23. The molecule has 0 aliphatic rings. The highest BCUT2D eigenvalue weighted by atomic mass is 35.5. The summed E-state index contributed by atoms with van der Waals surface area (Å²) >= 11 is 5.62. The Balaban J connectivity index is 2.13. The van der Waals surface area contributed by atoms with Crippen molar-refractivity contribution in [2.24, 2.45) is 5.73 Å². The van der Waals surface area contributed by atoms with Crippen LogP contribution in [0.3, 0.4) is 0 Å². The van der Waals surface area contributed by atoms with E-state index in [1.165, 1.54) is 12.1 Å². The number of ether oxygens (including phenoxy) is 1. The molecule has 1 atom stereocenters. The molecule has 0 saturated heterocycles. The van der Waals surface area contributed by atoms with E-state index in [9.17, 15) is 4.39 Å². The summed E-state index contributed by atoms with van der Waals surface area (Å²) in [6, 6.07) is 3.76. The van der Waals surface area contributed by atoms with E-state index >= 15 is 0 Å². The van der Waals surface area contributed by atoms with Gasteiger partial charge in [0.25, 0.3) is 5.89 Å². The van der Waals surface area contributed by atoms with Crippen LogP contribution in [0.4, 0.5) is 4.39 Å². The minimum Gasteiger partial charge on any atom is -0.377 e. The van der Waals surface area contributed by atoms with Crippen molar-refractivity contribution in [1.82, 2.24) is 10.1 Å². The van der Waals surface area contributed by atoms with Gasteiger partial charge in [-0.05, 0) is 32.0 Å². The summed E-state index contributed by atoms with van der Waals surface area (Å²) in [4.78, 5) is 4.14. The van der Waals surface area contributed by atoms with Gasteiger partial charge in [0, 0.05) is 5.56 Å². The summed E-state index contributed by atoms with van der Waals surface area (Å²) in [6.45, 7) is 4.10. The molecule has 1 aromatic heterocycles. The van der Waals surface area contributed by atoms with Gasteiger partial charge in [0.05, 0.1) is 23.8 Å². The Morgan fingerprint density at radius 2 is 2.20 bits per heavy atom. The van der Waals surface area contributed by atoms with Crippen molar-refractivity contribution in [3.05, 3.63) is 34.9 Å². The Morgan fingerprint density at radius 3 is 2.85 bits per heavy atom. The van der Waals surface area contributed by atoms with Crippen molar-refractivity contribution in [2.75, 3.05) is 6.61 Å². The molecule has 1 aromatic carbocycles. The monoisotopic (exact) mass is 299 g/mol. The molecule has 7 heteroatoms. The molecule has 5 nitrogen and oxygen atoms in total. The summed E-state index contributed by atoms with van der Waals surface area (Å²) in [6.07, 6.45) is 0.0674. The lowest BCUT2D eigenvalue weighted by Gasteiger charge is -2.10. The maximum atomic E-state index is 13.4. The first kappa shape index (κ1) is 14.9. The summed E-state index contributed by atoms with van der Waals surface area (Å²) in [5.74, 6) is -0.0390. The van der Waals surface area contributed by atoms with Crippen molar-refractivity contribution >= 4 is 11.6 Å². The van der Waals surface area contributed by atoms with Crippen molar-refractivity contribution < 1.29 is 13.7 Å². The second kappa shape index (κ2) is 6.30. The van der Waals surface area contributed by atoms with Gasteiger partial charge in [0.15, 0.2) is 5.82 Å². The van der Waals surface area contributed by atoms with E-state index in [1.54, 1.807) is 6.07 Å². The molecular formula is C13H15ClFN3O2. The lowest BCUT2D eigenvalue weighted by Crippen LogP contribution is -2.20. The fourth-order valence-corrected chi connectivity index (χ4v) is 1.62. The molecule has 0 radical (unpaired) electrons. The van der Waals surface area contributed by atoms with E-state index in [0.717, 1.165) is 0 Å². The van der Waals surface area contributed by atoms with Crippen molar-refractivity contribution in [3.63, 3.8) is 0 Å². The zero-order valence-corrected chi connectivity index (χ0v) is 11.9. The molecule has 2 N–H and O–H groups in total. The molecule has 1 unspecified atom stereocenters. The third-order valence-corrected chi connectivity index (χ3v) is 2.86. The van der Waals surface area contributed by atoms with Crippen LogP contribution < -0.4 is 5.73 Å². The summed E-state index contributed by atoms with van der Waals surface area (Å²) in [5, 5.41) is 3.81. The number of hydrogen-bond donors (Lipinski definition) is 1. The van der Waals surface area contributed by atoms with Crippen LogP contribution in [-0.4, -0.2) is 22.9 Å². The predicted molar refractivity (Wildman–Crippen MR) is 72.7 cm³/mol. The summed E-state index contributed by atoms with van der Waals surface area (Å²) in [5.41, 5.74) is 6.33. The zero-order chi connectivity index (χ0) is 14.7. The minimum atomic E-state index is -0.545. The maximum absolute atomic E-state index is 13.4. The van der Waals surface area contributed by atoms with E-state index in [0.29, 0.717) is 11.4 Å². The van der Waals surface area contributed by atoms with E-state index in [4.69, 9.17) is 26.6 Å². The number of aromatic nitrogens is 2. The minimum absolute atomic E-state index is 0.0375. The molecule has 0 spiro atoms. The van der Waals surface area contributed by atoms with Gasteiger partial charge in [-0.3, -0.25) is 0 Å². The second-order valence-corrected chi connectivity index (χ2v) is 4.98. The highest BCUT2D eigenvalue weighted by Gasteiger charge is 2.16. The van der Waals surface area contributed by atoms with Crippen molar-refractivity contribution in [2.45, 2.75) is 26.0 Å². The van der Waals surface area contributed by atoms with Crippen LogP contribution in [0.1, 0.15) is 25.7 Å². The molecule has 1 heterocycles. The van der Waals surface area contributed by atoms with Crippen LogP contribution in [0, 0.1) is 5.82 Å². The molecule has 0 bridgehead atoms. The van der Waals surface area contributed by atoms with Gasteiger partial charge < -0.3 is 15.0 Å². The molecular weight excluding hydrogens is 285 g/mol. The van der Waals surface area contributed by atoms with Crippen LogP contribution in [0.25, 0.3) is 11.5 Å². The van der Waals surface area contributed by atoms with Gasteiger partial charge in [-0.1, -0.05) is 16.8 Å². The van der Waals surface area contributed by atoms with Gasteiger partial charge in [0.2, 0.25) is 0 Å². The van der Waals surface area contributed by atoms with Gasteiger partial charge in [-0.15, -0.1) is 0 Å². The smallest absolute Gasteiger partial charge is 0.258 e. The molecule has 2 aromatic rings.